The van der Waals surface area contributed by atoms with Crippen LogP contribution in [0.25, 0.3) is 0 Å². The molecule has 0 aromatic heterocycles. The molecule has 0 amide bonds. The number of ether oxygens (including phenoxy) is 1. The molecule has 1 heterocycles. The molecule has 3 nitrogen and oxygen atoms in total. The molecule has 1 aromatic rings. The van der Waals surface area contributed by atoms with Crippen LogP contribution in [-0.4, -0.2) is 57.2 Å². The van der Waals surface area contributed by atoms with Gasteiger partial charge in [0.25, 0.3) is 0 Å². The first-order chi connectivity index (χ1) is 9.15. The Morgan fingerprint density at radius 1 is 1.16 bits per heavy atom. The number of nitrogens with zero attached hydrogens (tertiary/aromatic N) is 2. The molecule has 0 aliphatic carbocycles. The molecule has 1 saturated heterocycles. The van der Waals surface area contributed by atoms with Gasteiger partial charge in [0.15, 0.2) is 0 Å². The van der Waals surface area contributed by atoms with Crippen molar-refractivity contribution in [3.8, 4) is 5.75 Å². The number of benzene rings is 1. The van der Waals surface area contributed by atoms with E-state index >= 15 is 0 Å². The molecule has 0 radical (unpaired) electrons. The molecular formula is C16H26N2O. The Bertz CT molecular complexity index is 367. The Kier molecular flexibility index (Phi) is 5.23. The van der Waals surface area contributed by atoms with Crippen LogP contribution in [0.3, 0.4) is 0 Å². The smallest absolute Gasteiger partial charge is 0.119 e. The van der Waals surface area contributed by atoms with Crippen molar-refractivity contribution in [3.63, 3.8) is 0 Å². The van der Waals surface area contributed by atoms with E-state index in [9.17, 15) is 0 Å². The molecule has 3 heteroatoms. The van der Waals surface area contributed by atoms with Crippen molar-refractivity contribution in [2.24, 2.45) is 0 Å². The van der Waals surface area contributed by atoms with E-state index in [4.69, 9.17) is 4.74 Å². The predicted octanol–water partition coefficient (Wildman–Crippen LogP) is 2.44. The van der Waals surface area contributed by atoms with Gasteiger partial charge in [0.05, 0.1) is 0 Å². The first-order valence-electron chi connectivity index (χ1n) is 7.21. The molecule has 1 aromatic carbocycles. The SMILES string of the molecule is CN(C)CCOc1ccc(C2CCN(C)CC2)cc1. The van der Waals surface area contributed by atoms with Crippen LogP contribution in [0.5, 0.6) is 5.75 Å². The fourth-order valence-electron chi connectivity index (χ4n) is 2.52. The summed E-state index contributed by atoms with van der Waals surface area (Å²) in [6, 6.07) is 8.70. The van der Waals surface area contributed by atoms with E-state index in [0.717, 1.165) is 24.8 Å². The molecular weight excluding hydrogens is 236 g/mol. The standard InChI is InChI=1S/C16H26N2O/c1-17(2)12-13-19-16-6-4-14(5-7-16)15-8-10-18(3)11-9-15/h4-7,15H,8-13H2,1-3H3. The second-order valence-electron chi connectivity index (χ2n) is 5.80. The molecule has 0 saturated carbocycles. The van der Waals surface area contributed by atoms with Gasteiger partial charge in [-0.2, -0.15) is 0 Å². The summed E-state index contributed by atoms with van der Waals surface area (Å²) >= 11 is 0. The summed E-state index contributed by atoms with van der Waals surface area (Å²) < 4.78 is 5.73. The summed E-state index contributed by atoms with van der Waals surface area (Å²) in [5, 5.41) is 0. The van der Waals surface area contributed by atoms with Gasteiger partial charge in [-0.3, -0.25) is 0 Å². The first-order valence-corrected chi connectivity index (χ1v) is 7.21. The topological polar surface area (TPSA) is 15.7 Å². The van der Waals surface area contributed by atoms with Crippen LogP contribution in [0.4, 0.5) is 0 Å². The zero-order valence-electron chi connectivity index (χ0n) is 12.4. The molecule has 0 spiro atoms. The summed E-state index contributed by atoms with van der Waals surface area (Å²) in [4.78, 5) is 4.54. The van der Waals surface area contributed by atoms with E-state index in [2.05, 4.69) is 55.2 Å². The van der Waals surface area contributed by atoms with E-state index in [-0.39, 0.29) is 0 Å². The largest absolute Gasteiger partial charge is 0.492 e. The lowest BCUT2D eigenvalue weighted by atomic mass is 9.90. The molecule has 1 fully saturated rings. The third-order valence-corrected chi connectivity index (χ3v) is 3.88. The highest BCUT2D eigenvalue weighted by atomic mass is 16.5. The number of hydrogen-bond donors (Lipinski definition) is 0. The average Bonchev–Trinajstić information content (AvgIpc) is 2.40. The highest BCUT2D eigenvalue weighted by Crippen LogP contribution is 2.28. The summed E-state index contributed by atoms with van der Waals surface area (Å²) in [7, 11) is 6.33. The highest BCUT2D eigenvalue weighted by Gasteiger charge is 2.17. The van der Waals surface area contributed by atoms with Gasteiger partial charge >= 0.3 is 0 Å². The number of likely N-dealkylation sites (tertiary alicyclic amines) is 1. The summed E-state index contributed by atoms with van der Waals surface area (Å²) in [5.41, 5.74) is 1.47. The van der Waals surface area contributed by atoms with Crippen molar-refractivity contribution in [2.45, 2.75) is 18.8 Å². The first kappa shape index (κ1) is 14.4. The van der Waals surface area contributed by atoms with Gasteiger partial charge in [-0.25, -0.2) is 0 Å². The van der Waals surface area contributed by atoms with Crippen molar-refractivity contribution in [2.75, 3.05) is 47.4 Å². The van der Waals surface area contributed by atoms with Crippen LogP contribution in [-0.2, 0) is 0 Å². The van der Waals surface area contributed by atoms with Gasteiger partial charge < -0.3 is 14.5 Å². The molecule has 1 aliphatic heterocycles. The lowest BCUT2D eigenvalue weighted by Crippen LogP contribution is -2.29. The molecule has 0 atom stereocenters. The van der Waals surface area contributed by atoms with Gasteiger partial charge in [0.1, 0.15) is 12.4 Å². The maximum atomic E-state index is 5.73. The van der Waals surface area contributed by atoms with E-state index in [0.29, 0.717) is 0 Å². The van der Waals surface area contributed by atoms with Crippen LogP contribution < -0.4 is 4.74 Å². The zero-order valence-corrected chi connectivity index (χ0v) is 12.4. The van der Waals surface area contributed by atoms with Crippen LogP contribution in [0.1, 0.15) is 24.3 Å². The fourth-order valence-corrected chi connectivity index (χ4v) is 2.52. The Morgan fingerprint density at radius 2 is 1.79 bits per heavy atom. The van der Waals surface area contributed by atoms with Gasteiger partial charge in [-0.05, 0) is 70.7 Å². The van der Waals surface area contributed by atoms with E-state index in [1.165, 1.54) is 31.5 Å². The van der Waals surface area contributed by atoms with Crippen molar-refractivity contribution in [3.05, 3.63) is 29.8 Å². The average molecular weight is 262 g/mol. The molecule has 106 valence electrons. The van der Waals surface area contributed by atoms with Crippen molar-refractivity contribution in [1.29, 1.82) is 0 Å². The lowest BCUT2D eigenvalue weighted by Gasteiger charge is -2.29. The Morgan fingerprint density at radius 3 is 2.37 bits per heavy atom. The third kappa shape index (κ3) is 4.51. The van der Waals surface area contributed by atoms with E-state index < -0.39 is 0 Å². The van der Waals surface area contributed by atoms with Crippen molar-refractivity contribution < 1.29 is 4.74 Å². The summed E-state index contributed by atoms with van der Waals surface area (Å²) in [5.74, 6) is 1.71. The monoisotopic (exact) mass is 262 g/mol. The second-order valence-corrected chi connectivity index (χ2v) is 5.80. The fraction of sp³-hybridized carbons (Fsp3) is 0.625. The van der Waals surface area contributed by atoms with Crippen molar-refractivity contribution in [1.82, 2.24) is 9.80 Å². The highest BCUT2D eigenvalue weighted by molar-refractivity contribution is 5.29. The Balaban J connectivity index is 1.84. The predicted molar refractivity (Wildman–Crippen MR) is 80.0 cm³/mol. The van der Waals surface area contributed by atoms with Gasteiger partial charge in [0, 0.05) is 6.54 Å². The maximum Gasteiger partial charge on any atom is 0.119 e. The van der Waals surface area contributed by atoms with Gasteiger partial charge in [-0.15, -0.1) is 0 Å². The summed E-state index contributed by atoms with van der Waals surface area (Å²) in [6.07, 6.45) is 2.55. The van der Waals surface area contributed by atoms with Crippen LogP contribution >= 0.6 is 0 Å². The molecule has 0 unspecified atom stereocenters. The molecule has 19 heavy (non-hydrogen) atoms. The molecule has 2 rings (SSSR count). The third-order valence-electron chi connectivity index (χ3n) is 3.88. The van der Waals surface area contributed by atoms with Crippen LogP contribution in [0.15, 0.2) is 24.3 Å². The lowest BCUT2D eigenvalue weighted by molar-refractivity contribution is 0.254. The van der Waals surface area contributed by atoms with Crippen LogP contribution in [0.2, 0.25) is 0 Å². The minimum absolute atomic E-state index is 0.729. The Hall–Kier alpha value is -1.06. The van der Waals surface area contributed by atoms with Gasteiger partial charge in [0.2, 0.25) is 0 Å². The number of rotatable bonds is 5. The molecule has 0 bridgehead atoms. The van der Waals surface area contributed by atoms with E-state index in [1.54, 1.807) is 0 Å². The quantitative estimate of drug-likeness (QED) is 0.810. The maximum absolute atomic E-state index is 5.73. The summed E-state index contributed by atoms with van der Waals surface area (Å²) in [6.45, 7) is 4.13. The number of piperidine rings is 1. The number of likely N-dealkylation sites (N-methyl/N-ethyl adjacent to an activating group) is 1. The normalized spacial score (nSPS) is 17.9. The Labute approximate surface area is 117 Å². The molecule has 0 N–H and O–H groups in total. The number of hydrogen-bond acceptors (Lipinski definition) is 3. The molecule has 1 aliphatic rings. The second kappa shape index (κ2) is 6.92. The van der Waals surface area contributed by atoms with E-state index in [1.807, 2.05) is 0 Å². The van der Waals surface area contributed by atoms with Crippen molar-refractivity contribution >= 4 is 0 Å². The zero-order chi connectivity index (χ0) is 13.7. The van der Waals surface area contributed by atoms with Crippen LogP contribution in [0, 0.1) is 0 Å². The minimum Gasteiger partial charge on any atom is -0.492 e. The van der Waals surface area contributed by atoms with Gasteiger partial charge in [-0.1, -0.05) is 12.1 Å². The minimum atomic E-state index is 0.729.